The van der Waals surface area contributed by atoms with Crippen LogP contribution in [0.4, 0.5) is 0 Å². The molecule has 0 fully saturated rings. The number of H-pyrrole nitrogens is 1. The van der Waals surface area contributed by atoms with Crippen LogP contribution >= 0.6 is 43.2 Å². The standard InChI is InChI=1S/C7H4Br2N4O3S/c8-3-4(5(7(14)15)17-6(3)9)16-1-2-10-12-13-11-2/h1H2,(H,14,15)(H,10,11,12,13). The second-order valence-corrected chi connectivity index (χ2v) is 5.90. The minimum absolute atomic E-state index is 0.0402. The van der Waals surface area contributed by atoms with Crippen LogP contribution in [0.5, 0.6) is 5.75 Å². The molecule has 0 saturated heterocycles. The third-order valence-electron chi connectivity index (χ3n) is 1.70. The van der Waals surface area contributed by atoms with E-state index in [9.17, 15) is 4.79 Å². The third-order valence-corrected chi connectivity index (χ3v) is 5.08. The number of hydrogen-bond acceptors (Lipinski definition) is 6. The van der Waals surface area contributed by atoms with Gasteiger partial charge in [-0.25, -0.2) is 4.79 Å². The number of rotatable bonds is 4. The zero-order chi connectivity index (χ0) is 12.4. The molecular formula is C7H4Br2N4O3S. The van der Waals surface area contributed by atoms with Crippen molar-refractivity contribution in [2.75, 3.05) is 0 Å². The molecule has 0 radical (unpaired) electrons. The van der Waals surface area contributed by atoms with E-state index in [0.29, 0.717) is 14.1 Å². The van der Waals surface area contributed by atoms with Crippen LogP contribution in [0.25, 0.3) is 0 Å². The van der Waals surface area contributed by atoms with Gasteiger partial charge in [-0.1, -0.05) is 5.21 Å². The minimum Gasteiger partial charge on any atom is -0.482 e. The van der Waals surface area contributed by atoms with Gasteiger partial charge in [-0.15, -0.1) is 21.5 Å². The average molecular weight is 384 g/mol. The minimum atomic E-state index is -1.05. The highest BCUT2D eigenvalue weighted by atomic mass is 79.9. The number of thiophene rings is 1. The van der Waals surface area contributed by atoms with E-state index in [2.05, 4.69) is 52.5 Å². The summed E-state index contributed by atoms with van der Waals surface area (Å²) in [5.74, 6) is -0.459. The summed E-state index contributed by atoms with van der Waals surface area (Å²) in [4.78, 5) is 11.1. The molecule has 0 bridgehead atoms. The smallest absolute Gasteiger partial charge is 0.349 e. The molecule has 10 heteroatoms. The largest absolute Gasteiger partial charge is 0.482 e. The van der Waals surface area contributed by atoms with Crippen LogP contribution in [0.15, 0.2) is 8.26 Å². The zero-order valence-electron chi connectivity index (χ0n) is 7.98. The van der Waals surface area contributed by atoms with Crippen molar-refractivity contribution in [3.8, 4) is 5.75 Å². The van der Waals surface area contributed by atoms with Crippen molar-refractivity contribution < 1.29 is 14.6 Å². The summed E-state index contributed by atoms with van der Waals surface area (Å²) >= 11 is 7.54. The van der Waals surface area contributed by atoms with Crippen LogP contribution in [0.1, 0.15) is 15.5 Å². The van der Waals surface area contributed by atoms with E-state index in [1.807, 2.05) is 0 Å². The number of carbonyl (C=O) groups is 1. The van der Waals surface area contributed by atoms with Crippen molar-refractivity contribution in [3.05, 3.63) is 19.0 Å². The molecule has 0 aliphatic rings. The fraction of sp³-hybridized carbons (Fsp3) is 0.143. The Morgan fingerprint density at radius 2 is 2.29 bits per heavy atom. The Labute approximate surface area is 115 Å². The predicted octanol–water partition coefficient (Wildman–Crippen LogP) is 2.06. The lowest BCUT2D eigenvalue weighted by atomic mass is 10.4. The lowest BCUT2D eigenvalue weighted by molar-refractivity contribution is 0.0697. The average Bonchev–Trinajstić information content (AvgIpc) is 2.87. The van der Waals surface area contributed by atoms with E-state index in [1.54, 1.807) is 0 Å². The summed E-state index contributed by atoms with van der Waals surface area (Å²) in [5.41, 5.74) is 0. The van der Waals surface area contributed by atoms with Gasteiger partial charge in [0.1, 0.15) is 0 Å². The maximum absolute atomic E-state index is 11.0. The first kappa shape index (κ1) is 12.5. The van der Waals surface area contributed by atoms with Gasteiger partial charge >= 0.3 is 5.97 Å². The van der Waals surface area contributed by atoms with Gasteiger partial charge < -0.3 is 9.84 Å². The molecule has 0 amide bonds. The van der Waals surface area contributed by atoms with Crippen LogP contribution in [-0.4, -0.2) is 31.7 Å². The Hall–Kier alpha value is -1.00. The molecule has 0 spiro atoms. The number of halogens is 2. The lowest BCUT2D eigenvalue weighted by Gasteiger charge is -2.03. The molecule has 2 aromatic heterocycles. The summed E-state index contributed by atoms with van der Waals surface area (Å²) in [6.07, 6.45) is 0. The Kier molecular flexibility index (Phi) is 3.74. The molecular weight excluding hydrogens is 380 g/mol. The number of hydrogen-bond donors (Lipinski definition) is 2. The number of carboxylic acids is 1. The monoisotopic (exact) mass is 382 g/mol. The van der Waals surface area contributed by atoms with Gasteiger partial charge in [-0.3, -0.25) is 0 Å². The topological polar surface area (TPSA) is 101 Å². The van der Waals surface area contributed by atoms with E-state index in [-0.39, 0.29) is 17.2 Å². The van der Waals surface area contributed by atoms with Crippen molar-refractivity contribution >= 4 is 49.2 Å². The Morgan fingerprint density at radius 1 is 1.53 bits per heavy atom. The third kappa shape index (κ3) is 2.64. The maximum Gasteiger partial charge on any atom is 0.349 e. The molecule has 0 saturated carbocycles. The van der Waals surface area contributed by atoms with Crippen molar-refractivity contribution in [3.63, 3.8) is 0 Å². The van der Waals surface area contributed by atoms with Gasteiger partial charge in [-0.2, -0.15) is 5.21 Å². The fourth-order valence-electron chi connectivity index (χ4n) is 1.02. The number of aromatic nitrogens is 4. The second kappa shape index (κ2) is 5.10. The van der Waals surface area contributed by atoms with Gasteiger partial charge in [0.2, 0.25) is 5.82 Å². The van der Waals surface area contributed by atoms with Crippen molar-refractivity contribution in [2.24, 2.45) is 0 Å². The van der Waals surface area contributed by atoms with Gasteiger partial charge in [0.05, 0.1) is 8.26 Å². The van der Waals surface area contributed by atoms with Gasteiger partial charge in [-0.05, 0) is 31.9 Å². The SMILES string of the molecule is O=C(O)c1sc(Br)c(Br)c1OCc1nn[nH]n1. The van der Waals surface area contributed by atoms with Crippen molar-refractivity contribution in [1.82, 2.24) is 20.6 Å². The number of nitrogens with one attached hydrogen (secondary N) is 1. The van der Waals surface area contributed by atoms with E-state index in [0.717, 1.165) is 11.3 Å². The first-order valence-electron chi connectivity index (χ1n) is 4.15. The number of carboxylic acid groups (broad SMARTS) is 1. The first-order chi connectivity index (χ1) is 8.09. The van der Waals surface area contributed by atoms with E-state index < -0.39 is 5.97 Å². The number of ether oxygens (including phenoxy) is 1. The molecule has 17 heavy (non-hydrogen) atoms. The molecule has 2 aromatic rings. The molecule has 2 rings (SSSR count). The number of aromatic carboxylic acids is 1. The second-order valence-electron chi connectivity index (χ2n) is 2.77. The zero-order valence-corrected chi connectivity index (χ0v) is 12.0. The van der Waals surface area contributed by atoms with Gasteiger partial charge in [0, 0.05) is 0 Å². The summed E-state index contributed by atoms with van der Waals surface area (Å²) in [6.45, 7) is 0.0402. The Morgan fingerprint density at radius 3 is 2.88 bits per heavy atom. The van der Waals surface area contributed by atoms with Crippen LogP contribution in [0.3, 0.4) is 0 Å². The maximum atomic E-state index is 11.0. The molecule has 0 aromatic carbocycles. The molecule has 90 valence electrons. The van der Waals surface area contributed by atoms with E-state index in [4.69, 9.17) is 9.84 Å². The van der Waals surface area contributed by atoms with Crippen LogP contribution in [0, 0.1) is 0 Å². The highest BCUT2D eigenvalue weighted by Crippen LogP contribution is 2.43. The highest BCUT2D eigenvalue weighted by molar-refractivity contribution is 9.13. The van der Waals surface area contributed by atoms with Crippen molar-refractivity contribution in [2.45, 2.75) is 6.61 Å². The Bertz CT molecular complexity index is 542. The van der Waals surface area contributed by atoms with Gasteiger partial charge in [0.25, 0.3) is 0 Å². The van der Waals surface area contributed by atoms with Crippen LogP contribution in [-0.2, 0) is 6.61 Å². The van der Waals surface area contributed by atoms with Crippen LogP contribution in [0.2, 0.25) is 0 Å². The highest BCUT2D eigenvalue weighted by Gasteiger charge is 2.22. The van der Waals surface area contributed by atoms with Gasteiger partial charge in [0.15, 0.2) is 17.2 Å². The van der Waals surface area contributed by atoms with Crippen molar-refractivity contribution in [1.29, 1.82) is 0 Å². The number of aromatic amines is 1. The number of nitrogens with zero attached hydrogens (tertiary/aromatic N) is 3. The quantitative estimate of drug-likeness (QED) is 0.837. The lowest BCUT2D eigenvalue weighted by Crippen LogP contribution is -2.02. The Balaban J connectivity index is 2.22. The van der Waals surface area contributed by atoms with E-state index in [1.165, 1.54) is 0 Å². The molecule has 0 unspecified atom stereocenters. The molecule has 0 aliphatic carbocycles. The predicted molar refractivity (Wildman–Crippen MR) is 65.2 cm³/mol. The molecule has 2 N–H and O–H groups in total. The number of tetrazole rings is 1. The molecule has 7 nitrogen and oxygen atoms in total. The molecule has 2 heterocycles. The summed E-state index contributed by atoms with van der Waals surface area (Å²) < 4.78 is 6.57. The summed E-state index contributed by atoms with van der Waals surface area (Å²) in [7, 11) is 0. The normalized spacial score (nSPS) is 10.5. The van der Waals surface area contributed by atoms with E-state index >= 15 is 0 Å². The molecule has 0 aliphatic heterocycles. The fourth-order valence-corrected chi connectivity index (χ4v) is 3.07. The summed E-state index contributed by atoms with van der Waals surface area (Å²) in [6, 6.07) is 0. The van der Waals surface area contributed by atoms with Crippen LogP contribution < -0.4 is 4.74 Å². The first-order valence-corrected chi connectivity index (χ1v) is 6.56. The molecule has 0 atom stereocenters. The summed E-state index contributed by atoms with van der Waals surface area (Å²) in [5, 5.41) is 22.0.